The average Bonchev–Trinajstić information content (AvgIpc) is 3.20. The number of imidazole rings is 2. The Morgan fingerprint density at radius 2 is 2.12 bits per heavy atom. The van der Waals surface area contributed by atoms with Gasteiger partial charge in [0, 0.05) is 37.0 Å². The number of benzene rings is 1. The molecular formula is C17H24Cl2N6O. The van der Waals surface area contributed by atoms with Crippen molar-refractivity contribution in [2.45, 2.75) is 39.3 Å². The van der Waals surface area contributed by atoms with E-state index in [0.717, 1.165) is 35.5 Å². The summed E-state index contributed by atoms with van der Waals surface area (Å²) >= 11 is 0. The second-order valence-corrected chi connectivity index (χ2v) is 5.71. The fraction of sp³-hybridized carbons (Fsp3) is 0.353. The summed E-state index contributed by atoms with van der Waals surface area (Å²) in [6.07, 6.45) is 4.53. The molecule has 0 saturated carbocycles. The Kier molecular flexibility index (Phi) is 8.08. The summed E-state index contributed by atoms with van der Waals surface area (Å²) in [7, 11) is 0. The van der Waals surface area contributed by atoms with Crippen molar-refractivity contribution >= 4 is 47.4 Å². The number of rotatable bonds is 6. The third-order valence-corrected chi connectivity index (χ3v) is 4.06. The number of carbonyl (C=O) groups excluding carboxylic acids is 1. The maximum Gasteiger partial charge on any atom is 0.241 e. The zero-order valence-corrected chi connectivity index (χ0v) is 16.4. The lowest BCUT2D eigenvalue weighted by Gasteiger charge is -2.11. The number of nitrogens with two attached hydrogens (primary N) is 1. The molecule has 0 aliphatic carbocycles. The Balaban J connectivity index is 0.00000169. The highest BCUT2D eigenvalue weighted by atomic mass is 35.5. The fourth-order valence-corrected chi connectivity index (χ4v) is 2.84. The lowest BCUT2D eigenvalue weighted by Crippen LogP contribution is -2.37. The Morgan fingerprint density at radius 1 is 1.35 bits per heavy atom. The van der Waals surface area contributed by atoms with Gasteiger partial charge in [-0.05, 0) is 25.1 Å². The first-order valence-corrected chi connectivity index (χ1v) is 8.15. The molecule has 26 heavy (non-hydrogen) atoms. The molecule has 0 saturated heterocycles. The van der Waals surface area contributed by atoms with Gasteiger partial charge in [0.25, 0.3) is 0 Å². The number of nitrogens with one attached hydrogen (secondary N) is 2. The first kappa shape index (κ1) is 22.0. The molecule has 0 unspecified atom stereocenters. The minimum Gasteiger partial charge on any atom is -0.348 e. The first-order valence-electron chi connectivity index (χ1n) is 8.15. The number of hydrogen-bond donors (Lipinski definition) is 3. The molecule has 0 fully saturated rings. The van der Waals surface area contributed by atoms with Gasteiger partial charge >= 0.3 is 0 Å². The SMILES string of the molecule is CCc1nc2cc(NC(=O)[C@@H](N)Cc3cnc[nH]3)ccc2n1CC.Cl.Cl. The van der Waals surface area contributed by atoms with Crippen LogP contribution in [0.1, 0.15) is 25.4 Å². The van der Waals surface area contributed by atoms with Crippen LogP contribution in [0.3, 0.4) is 0 Å². The minimum atomic E-state index is -0.638. The van der Waals surface area contributed by atoms with E-state index in [2.05, 4.69) is 38.7 Å². The second-order valence-electron chi connectivity index (χ2n) is 5.71. The summed E-state index contributed by atoms with van der Waals surface area (Å²) in [5, 5.41) is 2.86. The number of aryl methyl sites for hydroxylation is 2. The zero-order valence-electron chi connectivity index (χ0n) is 14.7. The van der Waals surface area contributed by atoms with Crippen molar-refractivity contribution in [3.8, 4) is 0 Å². The van der Waals surface area contributed by atoms with Crippen LogP contribution in [0.4, 0.5) is 5.69 Å². The highest BCUT2D eigenvalue weighted by Gasteiger charge is 2.16. The Hall–Kier alpha value is -2.09. The molecular weight excluding hydrogens is 375 g/mol. The number of carbonyl (C=O) groups is 1. The molecule has 1 amide bonds. The molecule has 0 radical (unpaired) electrons. The summed E-state index contributed by atoms with van der Waals surface area (Å²) in [4.78, 5) is 23.8. The maximum atomic E-state index is 12.3. The third-order valence-electron chi connectivity index (χ3n) is 4.06. The summed E-state index contributed by atoms with van der Waals surface area (Å²) < 4.78 is 2.19. The summed E-state index contributed by atoms with van der Waals surface area (Å²) in [6, 6.07) is 5.12. The molecule has 3 rings (SSSR count). The highest BCUT2D eigenvalue weighted by molar-refractivity contribution is 5.96. The highest BCUT2D eigenvalue weighted by Crippen LogP contribution is 2.21. The largest absolute Gasteiger partial charge is 0.348 e. The van der Waals surface area contributed by atoms with Gasteiger partial charge in [0.05, 0.1) is 23.4 Å². The van der Waals surface area contributed by atoms with Crippen molar-refractivity contribution in [3.05, 3.63) is 42.2 Å². The molecule has 2 aromatic heterocycles. The number of H-pyrrole nitrogens is 1. The van der Waals surface area contributed by atoms with Crippen LogP contribution >= 0.6 is 24.8 Å². The van der Waals surface area contributed by atoms with Gasteiger partial charge in [0.15, 0.2) is 0 Å². The quantitative estimate of drug-likeness (QED) is 0.593. The van der Waals surface area contributed by atoms with E-state index in [0.29, 0.717) is 12.1 Å². The van der Waals surface area contributed by atoms with Crippen LogP contribution in [0, 0.1) is 0 Å². The Labute approximate surface area is 164 Å². The van der Waals surface area contributed by atoms with Crippen molar-refractivity contribution in [1.29, 1.82) is 0 Å². The summed E-state index contributed by atoms with van der Waals surface area (Å²) in [6.45, 7) is 5.06. The first-order chi connectivity index (χ1) is 11.6. The number of anilines is 1. The van der Waals surface area contributed by atoms with E-state index in [1.54, 1.807) is 12.5 Å². The van der Waals surface area contributed by atoms with E-state index in [1.807, 2.05) is 18.2 Å². The van der Waals surface area contributed by atoms with Crippen LogP contribution in [0.15, 0.2) is 30.7 Å². The molecule has 4 N–H and O–H groups in total. The molecule has 0 aliphatic rings. The van der Waals surface area contributed by atoms with Gasteiger partial charge in [-0.15, -0.1) is 24.8 Å². The number of aromatic nitrogens is 4. The third kappa shape index (κ3) is 4.55. The summed E-state index contributed by atoms with van der Waals surface area (Å²) in [5.41, 5.74) is 9.46. The van der Waals surface area contributed by atoms with Gasteiger partial charge in [-0.3, -0.25) is 4.79 Å². The van der Waals surface area contributed by atoms with Gasteiger partial charge in [-0.25, -0.2) is 9.97 Å². The summed E-state index contributed by atoms with van der Waals surface area (Å²) in [5.74, 6) is 0.821. The normalized spacial score (nSPS) is 11.5. The van der Waals surface area contributed by atoms with Crippen LogP contribution in [-0.4, -0.2) is 31.5 Å². The van der Waals surface area contributed by atoms with E-state index in [-0.39, 0.29) is 30.7 Å². The lowest BCUT2D eigenvalue weighted by molar-refractivity contribution is -0.117. The lowest BCUT2D eigenvalue weighted by atomic mass is 10.1. The maximum absolute atomic E-state index is 12.3. The number of aromatic amines is 1. The van der Waals surface area contributed by atoms with Gasteiger partial charge in [-0.1, -0.05) is 6.92 Å². The standard InChI is InChI=1S/C17H22N6O.2ClH/c1-3-16-22-14-8-11(5-6-15(14)23(16)4-2)21-17(24)13(18)7-12-9-19-10-20-12;;/h5-6,8-10,13H,3-4,7,18H2,1-2H3,(H,19,20)(H,21,24);2*1H/t13-;;/m0../s1. The molecule has 2 heterocycles. The van der Waals surface area contributed by atoms with Crippen molar-refractivity contribution in [1.82, 2.24) is 19.5 Å². The van der Waals surface area contributed by atoms with Gasteiger partial charge in [0.2, 0.25) is 5.91 Å². The number of amides is 1. The number of nitrogens with zero attached hydrogens (tertiary/aromatic N) is 3. The monoisotopic (exact) mass is 398 g/mol. The van der Waals surface area contributed by atoms with E-state index in [9.17, 15) is 4.79 Å². The molecule has 0 bridgehead atoms. The molecule has 7 nitrogen and oxygen atoms in total. The molecule has 1 atom stereocenters. The molecule has 1 aromatic carbocycles. The van der Waals surface area contributed by atoms with E-state index >= 15 is 0 Å². The van der Waals surface area contributed by atoms with Crippen molar-refractivity contribution in [2.75, 3.05) is 5.32 Å². The van der Waals surface area contributed by atoms with Crippen molar-refractivity contribution in [3.63, 3.8) is 0 Å². The van der Waals surface area contributed by atoms with Gasteiger partial charge in [0.1, 0.15) is 5.82 Å². The molecule has 9 heteroatoms. The van der Waals surface area contributed by atoms with Crippen molar-refractivity contribution in [2.24, 2.45) is 5.73 Å². The zero-order chi connectivity index (χ0) is 17.1. The van der Waals surface area contributed by atoms with Crippen molar-refractivity contribution < 1.29 is 4.79 Å². The van der Waals surface area contributed by atoms with Gasteiger partial charge in [-0.2, -0.15) is 0 Å². The topological polar surface area (TPSA) is 102 Å². The molecule has 3 aromatic rings. The van der Waals surface area contributed by atoms with E-state index < -0.39 is 6.04 Å². The average molecular weight is 399 g/mol. The molecule has 0 aliphatic heterocycles. The van der Waals surface area contributed by atoms with Crippen LogP contribution < -0.4 is 11.1 Å². The second kappa shape index (κ2) is 9.56. The predicted octanol–water partition coefficient (Wildman–Crippen LogP) is 2.69. The Bertz CT molecular complexity index is 846. The number of hydrogen-bond acceptors (Lipinski definition) is 4. The minimum absolute atomic E-state index is 0. The van der Waals surface area contributed by atoms with E-state index in [4.69, 9.17) is 5.73 Å². The predicted molar refractivity (Wildman–Crippen MR) is 108 cm³/mol. The van der Waals surface area contributed by atoms with Gasteiger partial charge < -0.3 is 20.6 Å². The Morgan fingerprint density at radius 3 is 2.73 bits per heavy atom. The van der Waals surface area contributed by atoms with Crippen LogP contribution in [0.25, 0.3) is 11.0 Å². The number of fused-ring (bicyclic) bond motifs is 1. The number of halogens is 2. The molecule has 142 valence electrons. The van der Waals surface area contributed by atoms with Crippen LogP contribution in [0.5, 0.6) is 0 Å². The fourth-order valence-electron chi connectivity index (χ4n) is 2.84. The van der Waals surface area contributed by atoms with Crippen LogP contribution in [0.2, 0.25) is 0 Å². The smallest absolute Gasteiger partial charge is 0.241 e. The molecule has 0 spiro atoms. The van der Waals surface area contributed by atoms with E-state index in [1.165, 1.54) is 0 Å². The van der Waals surface area contributed by atoms with Crippen LogP contribution in [-0.2, 0) is 24.2 Å².